The maximum absolute atomic E-state index is 12.1. The summed E-state index contributed by atoms with van der Waals surface area (Å²) in [6, 6.07) is 14.0. The molecule has 1 atom stereocenters. The number of fused-ring (bicyclic) bond motifs is 1. The molecule has 0 spiro atoms. The van der Waals surface area contributed by atoms with Gasteiger partial charge in [-0.1, -0.05) is 18.2 Å². The van der Waals surface area contributed by atoms with Gasteiger partial charge in [0.1, 0.15) is 5.60 Å². The number of carbonyl (C=O) groups is 1. The van der Waals surface area contributed by atoms with Crippen LogP contribution >= 0.6 is 0 Å². The molecule has 0 radical (unpaired) electrons. The Morgan fingerprint density at radius 3 is 2.60 bits per heavy atom. The molecule has 1 amide bonds. The molecule has 9 nitrogen and oxygen atoms in total. The third kappa shape index (κ3) is 6.93. The Hall–Kier alpha value is -3.17. The molecule has 1 fully saturated rings. The van der Waals surface area contributed by atoms with Gasteiger partial charge in [-0.05, 0) is 57.9 Å². The Balaban J connectivity index is 1.35. The third-order valence-corrected chi connectivity index (χ3v) is 6.04. The first-order chi connectivity index (χ1) is 16.8. The molecule has 35 heavy (non-hydrogen) atoms. The number of aliphatic hydroxyl groups is 1. The minimum absolute atomic E-state index is 0.130. The predicted octanol–water partition coefficient (Wildman–Crippen LogP) is 3.24. The number of nitrogens with one attached hydrogen (secondary N) is 2. The van der Waals surface area contributed by atoms with Crippen LogP contribution in [-0.4, -0.2) is 74.6 Å². The molecule has 188 valence electrons. The van der Waals surface area contributed by atoms with Crippen molar-refractivity contribution in [3.8, 4) is 0 Å². The second-order valence-electron chi connectivity index (χ2n) is 10.1. The number of aliphatic hydroxyl groups excluding tert-OH is 1. The lowest BCUT2D eigenvalue weighted by Crippen LogP contribution is -2.50. The highest BCUT2D eigenvalue weighted by molar-refractivity contribution is 5.78. The van der Waals surface area contributed by atoms with E-state index in [9.17, 15) is 9.90 Å². The van der Waals surface area contributed by atoms with Gasteiger partial charge >= 0.3 is 6.09 Å². The van der Waals surface area contributed by atoms with E-state index >= 15 is 0 Å². The van der Waals surface area contributed by atoms with Crippen molar-refractivity contribution in [1.82, 2.24) is 24.8 Å². The van der Waals surface area contributed by atoms with E-state index < -0.39 is 11.7 Å². The summed E-state index contributed by atoms with van der Waals surface area (Å²) in [6.07, 6.45) is 3.20. The predicted molar refractivity (Wildman–Crippen MR) is 136 cm³/mol. The largest absolute Gasteiger partial charge is 0.444 e. The minimum atomic E-state index is -0.568. The summed E-state index contributed by atoms with van der Waals surface area (Å²) in [7, 11) is 0. The molecule has 3 aromatic rings. The molecule has 0 bridgehead atoms. The van der Waals surface area contributed by atoms with Crippen LogP contribution in [0.5, 0.6) is 0 Å². The Morgan fingerprint density at radius 2 is 1.91 bits per heavy atom. The molecule has 1 unspecified atom stereocenters. The molecule has 1 aliphatic heterocycles. The monoisotopic (exact) mass is 480 g/mol. The van der Waals surface area contributed by atoms with Crippen LogP contribution in [0.1, 0.15) is 39.3 Å². The van der Waals surface area contributed by atoms with E-state index in [0.29, 0.717) is 13.1 Å². The van der Waals surface area contributed by atoms with Gasteiger partial charge < -0.3 is 29.9 Å². The maximum Gasteiger partial charge on any atom is 0.407 e. The summed E-state index contributed by atoms with van der Waals surface area (Å²) in [4.78, 5) is 23.7. The fourth-order valence-corrected chi connectivity index (χ4v) is 4.38. The number of piperidine rings is 1. The van der Waals surface area contributed by atoms with E-state index in [1.807, 2.05) is 63.4 Å². The van der Waals surface area contributed by atoms with Crippen molar-refractivity contribution in [2.24, 2.45) is 0 Å². The van der Waals surface area contributed by atoms with Crippen LogP contribution in [0.25, 0.3) is 11.0 Å². The summed E-state index contributed by atoms with van der Waals surface area (Å²) in [6.45, 7) is 8.30. The number of rotatable bonds is 8. The van der Waals surface area contributed by atoms with Gasteiger partial charge in [0.05, 0.1) is 35.9 Å². The number of aromatic nitrogens is 3. The summed E-state index contributed by atoms with van der Waals surface area (Å²) in [5.74, 6) is 0.857. The number of carbonyl (C=O) groups excluding carboxylic acids is 1. The lowest BCUT2D eigenvalue weighted by atomic mass is 10.0. The smallest absolute Gasteiger partial charge is 0.407 e. The third-order valence-electron chi connectivity index (χ3n) is 6.04. The molecule has 1 saturated heterocycles. The fraction of sp³-hybridized carbons (Fsp3) is 0.500. The number of ether oxygens (including phenoxy) is 1. The number of amides is 1. The van der Waals surface area contributed by atoms with Gasteiger partial charge in [-0.25, -0.2) is 9.78 Å². The van der Waals surface area contributed by atoms with Gasteiger partial charge in [-0.15, -0.1) is 0 Å². The SMILES string of the molecule is CC(C)(C)OC(=O)NC(CO)CN1CCC(Nc2nc3ccccc3n2Cc2ccccn2)CC1. The zero-order chi connectivity index (χ0) is 24.8. The Morgan fingerprint density at radius 1 is 1.17 bits per heavy atom. The van der Waals surface area contributed by atoms with Crippen LogP contribution in [0.4, 0.5) is 10.7 Å². The van der Waals surface area contributed by atoms with Gasteiger partial charge in [0, 0.05) is 31.9 Å². The summed E-state index contributed by atoms with van der Waals surface area (Å²) in [5, 5.41) is 16.2. The zero-order valence-corrected chi connectivity index (χ0v) is 20.8. The fourth-order valence-electron chi connectivity index (χ4n) is 4.38. The average Bonchev–Trinajstić information content (AvgIpc) is 3.16. The Bertz CT molecular complexity index is 1100. The van der Waals surface area contributed by atoms with Gasteiger partial charge in [0.2, 0.25) is 5.95 Å². The lowest BCUT2D eigenvalue weighted by Gasteiger charge is -2.34. The van der Waals surface area contributed by atoms with Gasteiger partial charge in [0.25, 0.3) is 0 Å². The standard InChI is InChI=1S/C26H36N6O3/c1-26(2,3)35-25(34)29-21(18-33)16-31-14-11-19(12-15-31)28-24-30-22-9-4-5-10-23(22)32(24)17-20-8-6-7-13-27-20/h4-10,13,19,21,33H,11-12,14-18H2,1-3H3,(H,28,30)(H,29,34). The molecule has 0 saturated carbocycles. The normalized spacial score (nSPS) is 16.2. The number of benzene rings is 1. The number of pyridine rings is 1. The minimum Gasteiger partial charge on any atom is -0.444 e. The van der Waals surface area contributed by atoms with Gasteiger partial charge in [-0.2, -0.15) is 0 Å². The van der Waals surface area contributed by atoms with Crippen LogP contribution < -0.4 is 10.6 Å². The van der Waals surface area contributed by atoms with Crippen molar-refractivity contribution in [3.05, 3.63) is 54.4 Å². The highest BCUT2D eigenvalue weighted by Crippen LogP contribution is 2.23. The molecule has 3 heterocycles. The zero-order valence-electron chi connectivity index (χ0n) is 20.8. The van der Waals surface area contributed by atoms with E-state index in [4.69, 9.17) is 9.72 Å². The highest BCUT2D eigenvalue weighted by Gasteiger charge is 2.25. The molecule has 1 aromatic carbocycles. The first kappa shape index (κ1) is 24.9. The van der Waals surface area contributed by atoms with Crippen molar-refractivity contribution in [1.29, 1.82) is 0 Å². The first-order valence-corrected chi connectivity index (χ1v) is 12.2. The number of anilines is 1. The van der Waals surface area contributed by atoms with Crippen molar-refractivity contribution >= 4 is 23.1 Å². The highest BCUT2D eigenvalue weighted by atomic mass is 16.6. The molecule has 2 aromatic heterocycles. The van der Waals surface area contributed by atoms with Crippen molar-refractivity contribution in [2.75, 3.05) is 31.6 Å². The molecule has 0 aliphatic carbocycles. The Kier molecular flexibility index (Phi) is 7.87. The first-order valence-electron chi connectivity index (χ1n) is 12.2. The van der Waals surface area contributed by atoms with Crippen molar-refractivity contribution < 1.29 is 14.6 Å². The number of nitrogens with zero attached hydrogens (tertiary/aromatic N) is 4. The van der Waals surface area contributed by atoms with Crippen LogP contribution in [0.15, 0.2) is 48.7 Å². The molecular formula is C26H36N6O3. The van der Waals surface area contributed by atoms with Gasteiger partial charge in [0.15, 0.2) is 0 Å². The topological polar surface area (TPSA) is 105 Å². The van der Waals surface area contributed by atoms with Crippen LogP contribution in [0.2, 0.25) is 0 Å². The number of para-hydroxylation sites is 2. The van der Waals surface area contributed by atoms with Crippen molar-refractivity contribution in [3.63, 3.8) is 0 Å². The van der Waals surface area contributed by atoms with E-state index in [1.165, 1.54) is 0 Å². The molecular weight excluding hydrogens is 444 g/mol. The molecule has 9 heteroatoms. The van der Waals surface area contributed by atoms with Crippen molar-refractivity contribution in [2.45, 2.75) is 57.8 Å². The number of hydrogen-bond donors (Lipinski definition) is 3. The summed E-state index contributed by atoms with van der Waals surface area (Å²) < 4.78 is 7.51. The second kappa shape index (κ2) is 11.0. The second-order valence-corrected chi connectivity index (χ2v) is 10.1. The molecule has 1 aliphatic rings. The van der Waals surface area contributed by atoms with Crippen LogP contribution in [0, 0.1) is 0 Å². The van der Waals surface area contributed by atoms with E-state index in [0.717, 1.165) is 48.6 Å². The van der Waals surface area contributed by atoms with E-state index in [1.54, 1.807) is 0 Å². The molecule has 3 N–H and O–H groups in total. The quantitative estimate of drug-likeness (QED) is 0.455. The average molecular weight is 481 g/mol. The Labute approximate surface area is 206 Å². The number of imidazole rings is 1. The number of alkyl carbamates (subject to hydrolysis) is 1. The lowest BCUT2D eigenvalue weighted by molar-refractivity contribution is 0.0458. The van der Waals surface area contributed by atoms with Crippen LogP contribution in [-0.2, 0) is 11.3 Å². The maximum atomic E-state index is 12.1. The van der Waals surface area contributed by atoms with Crippen LogP contribution in [0.3, 0.4) is 0 Å². The molecule has 4 rings (SSSR count). The van der Waals surface area contributed by atoms with Gasteiger partial charge in [-0.3, -0.25) is 4.98 Å². The number of likely N-dealkylation sites (tertiary alicyclic amines) is 1. The summed E-state index contributed by atoms with van der Waals surface area (Å²) >= 11 is 0. The van der Waals surface area contributed by atoms with E-state index in [2.05, 4.69) is 31.2 Å². The van der Waals surface area contributed by atoms with E-state index in [-0.39, 0.29) is 18.7 Å². The summed E-state index contributed by atoms with van der Waals surface area (Å²) in [5.41, 5.74) is 2.46. The number of hydrogen-bond acceptors (Lipinski definition) is 7.